The number of hydrogen-bond donors (Lipinski definition) is 2. The molecule has 1 aromatic carbocycles. The molecule has 0 amide bonds. The van der Waals surface area contributed by atoms with Gasteiger partial charge >= 0.3 is 0 Å². The molecule has 4 nitrogen and oxygen atoms in total. The second kappa shape index (κ2) is 6.42. The standard InChI is InChI=1S/C15H23FN2O2S/c1-3-6-15(7-8-15)11-18-21(19,20)13-4-5-14(16)12(9-13)10-17-2/h4-5,9,17-18H,3,6-8,10-11H2,1-2H3. The highest BCUT2D eigenvalue weighted by atomic mass is 32.2. The smallest absolute Gasteiger partial charge is 0.240 e. The lowest BCUT2D eigenvalue weighted by atomic mass is 10.0. The molecule has 118 valence electrons. The van der Waals surface area contributed by atoms with E-state index in [1.54, 1.807) is 7.05 Å². The number of rotatable bonds is 8. The summed E-state index contributed by atoms with van der Waals surface area (Å²) in [6.07, 6.45) is 4.27. The third-order valence-corrected chi connectivity index (χ3v) is 5.47. The average molecular weight is 314 g/mol. The summed E-state index contributed by atoms with van der Waals surface area (Å²) in [5, 5.41) is 2.83. The maximum absolute atomic E-state index is 13.6. The molecule has 1 fully saturated rings. The highest BCUT2D eigenvalue weighted by molar-refractivity contribution is 7.89. The van der Waals surface area contributed by atoms with E-state index in [0.29, 0.717) is 18.7 Å². The monoisotopic (exact) mass is 314 g/mol. The Morgan fingerprint density at radius 1 is 1.33 bits per heavy atom. The Balaban J connectivity index is 2.10. The van der Waals surface area contributed by atoms with Crippen molar-refractivity contribution in [3.05, 3.63) is 29.6 Å². The van der Waals surface area contributed by atoms with E-state index in [9.17, 15) is 12.8 Å². The van der Waals surface area contributed by atoms with Crippen LogP contribution in [0.2, 0.25) is 0 Å². The highest BCUT2D eigenvalue weighted by Gasteiger charge is 2.42. The normalized spacial score (nSPS) is 16.9. The minimum atomic E-state index is -3.57. The van der Waals surface area contributed by atoms with E-state index in [1.807, 2.05) is 0 Å². The van der Waals surface area contributed by atoms with Crippen molar-refractivity contribution in [3.8, 4) is 0 Å². The minimum absolute atomic E-state index is 0.126. The fourth-order valence-corrected chi connectivity index (χ4v) is 3.81. The Hall–Kier alpha value is -0.980. The molecule has 0 spiro atoms. The highest BCUT2D eigenvalue weighted by Crippen LogP contribution is 2.49. The Labute approximate surface area is 126 Å². The van der Waals surface area contributed by atoms with E-state index in [0.717, 1.165) is 25.7 Å². The first kappa shape index (κ1) is 16.4. The van der Waals surface area contributed by atoms with Gasteiger partial charge in [0.05, 0.1) is 4.90 Å². The summed E-state index contributed by atoms with van der Waals surface area (Å²) in [6.45, 7) is 2.88. The molecular weight excluding hydrogens is 291 g/mol. The summed E-state index contributed by atoms with van der Waals surface area (Å²) in [5.74, 6) is -0.395. The molecule has 0 aromatic heterocycles. The SMILES string of the molecule is CCCC1(CNS(=O)(=O)c2ccc(F)c(CNC)c2)CC1. The summed E-state index contributed by atoms with van der Waals surface area (Å²) in [7, 11) is -1.88. The van der Waals surface area contributed by atoms with Gasteiger partial charge in [-0.1, -0.05) is 13.3 Å². The van der Waals surface area contributed by atoms with Crippen LogP contribution < -0.4 is 10.0 Å². The first-order valence-electron chi connectivity index (χ1n) is 7.35. The number of benzene rings is 1. The number of sulfonamides is 1. The maximum Gasteiger partial charge on any atom is 0.240 e. The first-order valence-corrected chi connectivity index (χ1v) is 8.83. The predicted molar refractivity (Wildman–Crippen MR) is 80.9 cm³/mol. The summed E-state index contributed by atoms with van der Waals surface area (Å²) >= 11 is 0. The Kier molecular flexibility index (Phi) is 5.01. The average Bonchev–Trinajstić information content (AvgIpc) is 3.20. The zero-order valence-corrected chi connectivity index (χ0v) is 13.4. The lowest BCUT2D eigenvalue weighted by Crippen LogP contribution is -2.30. The molecule has 6 heteroatoms. The van der Waals surface area contributed by atoms with Gasteiger partial charge < -0.3 is 5.32 Å². The zero-order valence-electron chi connectivity index (χ0n) is 12.6. The van der Waals surface area contributed by atoms with Crippen LogP contribution in [0.15, 0.2) is 23.1 Å². The molecular formula is C15H23FN2O2S. The number of hydrogen-bond acceptors (Lipinski definition) is 3. The first-order chi connectivity index (χ1) is 9.92. The van der Waals surface area contributed by atoms with Gasteiger partial charge in [0, 0.05) is 18.7 Å². The van der Waals surface area contributed by atoms with Crippen molar-refractivity contribution in [2.75, 3.05) is 13.6 Å². The molecule has 0 bridgehead atoms. The summed E-state index contributed by atoms with van der Waals surface area (Å²) in [4.78, 5) is 0.126. The van der Waals surface area contributed by atoms with E-state index in [-0.39, 0.29) is 10.3 Å². The van der Waals surface area contributed by atoms with Gasteiger partial charge in [-0.05, 0) is 49.9 Å². The lowest BCUT2D eigenvalue weighted by molar-refractivity contribution is 0.449. The van der Waals surface area contributed by atoms with E-state index >= 15 is 0 Å². The fraction of sp³-hybridized carbons (Fsp3) is 0.600. The minimum Gasteiger partial charge on any atom is -0.316 e. The van der Waals surface area contributed by atoms with E-state index in [1.165, 1.54) is 18.2 Å². The molecule has 1 saturated carbocycles. The maximum atomic E-state index is 13.6. The van der Waals surface area contributed by atoms with Crippen LogP contribution in [0.4, 0.5) is 4.39 Å². The Morgan fingerprint density at radius 3 is 2.62 bits per heavy atom. The molecule has 1 aliphatic carbocycles. The third-order valence-electron chi connectivity index (χ3n) is 4.07. The van der Waals surface area contributed by atoms with Gasteiger partial charge in [-0.15, -0.1) is 0 Å². The van der Waals surface area contributed by atoms with Crippen LogP contribution in [0, 0.1) is 11.2 Å². The molecule has 0 unspecified atom stereocenters. The van der Waals surface area contributed by atoms with Gasteiger partial charge in [-0.25, -0.2) is 17.5 Å². The third kappa shape index (κ3) is 4.02. The van der Waals surface area contributed by atoms with Gasteiger partial charge in [0.2, 0.25) is 10.0 Å². The van der Waals surface area contributed by atoms with Crippen molar-refractivity contribution in [1.29, 1.82) is 0 Å². The number of halogens is 1. The molecule has 0 aliphatic heterocycles. The van der Waals surface area contributed by atoms with Crippen LogP contribution in [0.3, 0.4) is 0 Å². The van der Waals surface area contributed by atoms with Crippen LogP contribution in [0.25, 0.3) is 0 Å². The van der Waals surface area contributed by atoms with E-state index in [2.05, 4.69) is 17.0 Å². The van der Waals surface area contributed by atoms with Crippen LogP contribution >= 0.6 is 0 Å². The van der Waals surface area contributed by atoms with Crippen molar-refractivity contribution in [1.82, 2.24) is 10.0 Å². The zero-order chi connectivity index (χ0) is 15.5. The van der Waals surface area contributed by atoms with Crippen molar-refractivity contribution in [2.45, 2.75) is 44.0 Å². The van der Waals surface area contributed by atoms with Gasteiger partial charge in [-0.3, -0.25) is 0 Å². The molecule has 0 heterocycles. The summed E-state index contributed by atoms with van der Waals surface area (Å²) in [6, 6.07) is 3.92. The molecule has 21 heavy (non-hydrogen) atoms. The van der Waals surface area contributed by atoms with Crippen LogP contribution in [-0.2, 0) is 16.6 Å². The Bertz CT molecular complexity index is 598. The second-order valence-electron chi connectivity index (χ2n) is 5.86. The number of nitrogens with one attached hydrogen (secondary N) is 2. The van der Waals surface area contributed by atoms with Crippen LogP contribution in [-0.4, -0.2) is 22.0 Å². The largest absolute Gasteiger partial charge is 0.316 e. The molecule has 0 radical (unpaired) electrons. The molecule has 1 aliphatic rings. The molecule has 2 rings (SSSR count). The Morgan fingerprint density at radius 2 is 2.05 bits per heavy atom. The second-order valence-corrected chi connectivity index (χ2v) is 7.63. The van der Waals surface area contributed by atoms with E-state index < -0.39 is 15.8 Å². The lowest BCUT2D eigenvalue weighted by Gasteiger charge is -2.15. The van der Waals surface area contributed by atoms with Gasteiger partial charge in [0.15, 0.2) is 0 Å². The van der Waals surface area contributed by atoms with Crippen molar-refractivity contribution >= 4 is 10.0 Å². The van der Waals surface area contributed by atoms with Gasteiger partial charge in [-0.2, -0.15) is 0 Å². The molecule has 2 N–H and O–H groups in total. The topological polar surface area (TPSA) is 58.2 Å². The quantitative estimate of drug-likeness (QED) is 0.775. The van der Waals surface area contributed by atoms with Gasteiger partial charge in [0.25, 0.3) is 0 Å². The molecule has 0 saturated heterocycles. The van der Waals surface area contributed by atoms with Gasteiger partial charge in [0.1, 0.15) is 5.82 Å². The summed E-state index contributed by atoms with van der Waals surface area (Å²) < 4.78 is 40.9. The van der Waals surface area contributed by atoms with Crippen molar-refractivity contribution in [2.24, 2.45) is 5.41 Å². The molecule has 0 atom stereocenters. The van der Waals surface area contributed by atoms with Crippen LogP contribution in [0.1, 0.15) is 38.2 Å². The summed E-state index contributed by atoms with van der Waals surface area (Å²) in [5.41, 5.74) is 0.505. The predicted octanol–water partition coefficient (Wildman–Crippen LogP) is 2.40. The van der Waals surface area contributed by atoms with Crippen molar-refractivity contribution in [3.63, 3.8) is 0 Å². The van der Waals surface area contributed by atoms with Crippen molar-refractivity contribution < 1.29 is 12.8 Å². The fourth-order valence-electron chi connectivity index (χ4n) is 2.60. The van der Waals surface area contributed by atoms with Crippen LogP contribution in [0.5, 0.6) is 0 Å². The van der Waals surface area contributed by atoms with E-state index in [4.69, 9.17) is 0 Å². The molecule has 1 aromatic rings.